The van der Waals surface area contributed by atoms with Gasteiger partial charge in [0.15, 0.2) is 0 Å². The lowest BCUT2D eigenvalue weighted by Gasteiger charge is -2.24. The molecule has 0 bridgehead atoms. The minimum absolute atomic E-state index is 0.119. The summed E-state index contributed by atoms with van der Waals surface area (Å²) in [6, 6.07) is 5.99. The molecule has 1 atom stereocenters. The quantitative estimate of drug-likeness (QED) is 0.870. The molecule has 118 valence electrons. The lowest BCUT2D eigenvalue weighted by atomic mass is 10.1. The molecule has 1 N–H and O–H groups in total. The minimum Gasteiger partial charge on any atom is -0.372 e. The summed E-state index contributed by atoms with van der Waals surface area (Å²) in [5.41, 5.74) is 1.71. The maximum absolute atomic E-state index is 14.3. The summed E-state index contributed by atoms with van der Waals surface area (Å²) in [7, 11) is 4.14. The molecule has 1 aromatic carbocycles. The van der Waals surface area contributed by atoms with Crippen molar-refractivity contribution in [2.24, 2.45) is 5.92 Å². The Balaban J connectivity index is 1.96. The van der Waals surface area contributed by atoms with Crippen molar-refractivity contribution in [2.75, 3.05) is 38.6 Å². The molecule has 1 aliphatic rings. The molecule has 1 aromatic rings. The van der Waals surface area contributed by atoms with Crippen LogP contribution in [0.4, 0.5) is 10.1 Å². The molecular weight excluding hydrogens is 265 g/mol. The zero-order valence-electron chi connectivity index (χ0n) is 13.7. The van der Waals surface area contributed by atoms with Gasteiger partial charge in [0, 0.05) is 32.7 Å². The van der Waals surface area contributed by atoms with E-state index in [1.54, 1.807) is 6.07 Å². The first-order chi connectivity index (χ1) is 9.95. The number of nitrogens with one attached hydrogen (secondary N) is 1. The normalized spacial score (nSPS) is 19.4. The predicted octanol–water partition coefficient (Wildman–Crippen LogP) is 2.71. The van der Waals surface area contributed by atoms with Gasteiger partial charge in [-0.1, -0.05) is 19.9 Å². The molecule has 2 rings (SSSR count). The lowest BCUT2D eigenvalue weighted by molar-refractivity contribution is 0.395. The Labute approximate surface area is 128 Å². The summed E-state index contributed by atoms with van der Waals surface area (Å²) < 4.78 is 14.3. The molecule has 1 unspecified atom stereocenters. The highest BCUT2D eigenvalue weighted by Crippen LogP contribution is 2.23. The van der Waals surface area contributed by atoms with Gasteiger partial charge in [0.1, 0.15) is 5.82 Å². The molecule has 1 saturated heterocycles. The van der Waals surface area contributed by atoms with Crippen LogP contribution >= 0.6 is 0 Å². The number of nitrogens with zero attached hydrogens (tertiary/aromatic N) is 2. The van der Waals surface area contributed by atoms with Gasteiger partial charge in [-0.2, -0.15) is 0 Å². The fraction of sp³-hybridized carbons (Fsp3) is 0.647. The van der Waals surface area contributed by atoms with Gasteiger partial charge in [-0.15, -0.1) is 0 Å². The van der Waals surface area contributed by atoms with Gasteiger partial charge in [-0.25, -0.2) is 4.39 Å². The summed E-state index contributed by atoms with van der Waals surface area (Å²) in [6.07, 6.45) is 1.21. The van der Waals surface area contributed by atoms with Crippen LogP contribution in [0.15, 0.2) is 18.2 Å². The van der Waals surface area contributed by atoms with Gasteiger partial charge in [0.05, 0.1) is 5.69 Å². The van der Waals surface area contributed by atoms with Crippen LogP contribution in [0.5, 0.6) is 0 Å². The number of anilines is 1. The van der Waals surface area contributed by atoms with Crippen LogP contribution in [-0.4, -0.2) is 44.7 Å². The van der Waals surface area contributed by atoms with Crippen LogP contribution < -0.4 is 10.2 Å². The van der Waals surface area contributed by atoms with E-state index in [0.717, 1.165) is 25.2 Å². The van der Waals surface area contributed by atoms with Crippen LogP contribution in [0.3, 0.4) is 0 Å². The standard InChI is InChI=1S/C17H28FN3/c1-13(2)19-10-14-5-6-17(16(18)9-14)21(4)12-15-7-8-20(3)11-15/h5-6,9,13,15,19H,7-8,10-12H2,1-4H3. The largest absolute Gasteiger partial charge is 0.372 e. The van der Waals surface area contributed by atoms with Gasteiger partial charge in [0.25, 0.3) is 0 Å². The molecule has 0 amide bonds. The summed E-state index contributed by atoms with van der Waals surface area (Å²) in [5, 5.41) is 3.32. The molecule has 0 saturated carbocycles. The molecule has 1 heterocycles. The summed E-state index contributed by atoms with van der Waals surface area (Å²) in [4.78, 5) is 4.40. The molecular formula is C17H28FN3. The number of hydrogen-bond donors (Lipinski definition) is 1. The number of likely N-dealkylation sites (tertiary alicyclic amines) is 1. The summed E-state index contributed by atoms with van der Waals surface area (Å²) in [6.45, 7) is 8.09. The van der Waals surface area contributed by atoms with E-state index in [1.165, 1.54) is 6.42 Å². The third-order valence-electron chi connectivity index (χ3n) is 4.16. The second-order valence-electron chi connectivity index (χ2n) is 6.62. The predicted molar refractivity (Wildman–Crippen MR) is 87.2 cm³/mol. The van der Waals surface area contributed by atoms with E-state index in [4.69, 9.17) is 0 Å². The van der Waals surface area contributed by atoms with Crippen molar-refractivity contribution in [1.82, 2.24) is 10.2 Å². The topological polar surface area (TPSA) is 18.5 Å². The van der Waals surface area contributed by atoms with Gasteiger partial charge in [-0.3, -0.25) is 0 Å². The molecule has 0 aromatic heterocycles. The molecule has 1 fully saturated rings. The van der Waals surface area contributed by atoms with Crippen molar-refractivity contribution in [3.05, 3.63) is 29.6 Å². The monoisotopic (exact) mass is 293 g/mol. The van der Waals surface area contributed by atoms with Crippen molar-refractivity contribution < 1.29 is 4.39 Å². The minimum atomic E-state index is -0.119. The Morgan fingerprint density at radius 1 is 1.43 bits per heavy atom. The van der Waals surface area contributed by atoms with Gasteiger partial charge in [0.2, 0.25) is 0 Å². The van der Waals surface area contributed by atoms with E-state index in [-0.39, 0.29) is 5.82 Å². The second-order valence-corrected chi connectivity index (χ2v) is 6.62. The van der Waals surface area contributed by atoms with Crippen molar-refractivity contribution in [3.8, 4) is 0 Å². The maximum atomic E-state index is 14.3. The third-order valence-corrected chi connectivity index (χ3v) is 4.16. The van der Waals surface area contributed by atoms with Gasteiger partial charge in [-0.05, 0) is 43.6 Å². The molecule has 0 radical (unpaired) electrons. The Bertz CT molecular complexity index is 461. The van der Waals surface area contributed by atoms with E-state index >= 15 is 0 Å². The average Bonchev–Trinajstić information content (AvgIpc) is 2.81. The Hall–Kier alpha value is -1.13. The van der Waals surface area contributed by atoms with Crippen LogP contribution in [0.25, 0.3) is 0 Å². The van der Waals surface area contributed by atoms with Crippen molar-refractivity contribution >= 4 is 5.69 Å². The Morgan fingerprint density at radius 2 is 2.19 bits per heavy atom. The van der Waals surface area contributed by atoms with E-state index < -0.39 is 0 Å². The first-order valence-electron chi connectivity index (χ1n) is 7.87. The van der Waals surface area contributed by atoms with Crippen molar-refractivity contribution in [3.63, 3.8) is 0 Å². The fourth-order valence-corrected chi connectivity index (χ4v) is 2.95. The zero-order valence-corrected chi connectivity index (χ0v) is 13.7. The van der Waals surface area contributed by atoms with Crippen LogP contribution in [0.2, 0.25) is 0 Å². The molecule has 1 aliphatic heterocycles. The van der Waals surface area contributed by atoms with Gasteiger partial charge >= 0.3 is 0 Å². The lowest BCUT2D eigenvalue weighted by Crippen LogP contribution is -2.28. The molecule has 0 spiro atoms. The highest BCUT2D eigenvalue weighted by Gasteiger charge is 2.21. The average molecular weight is 293 g/mol. The summed E-state index contributed by atoms with van der Waals surface area (Å²) in [5.74, 6) is 0.522. The first kappa shape index (κ1) is 16.2. The first-order valence-corrected chi connectivity index (χ1v) is 7.87. The number of halogens is 1. The third kappa shape index (κ3) is 4.68. The van der Waals surface area contributed by atoms with Crippen LogP contribution in [0.1, 0.15) is 25.8 Å². The van der Waals surface area contributed by atoms with Crippen molar-refractivity contribution in [1.29, 1.82) is 0 Å². The molecule has 3 nitrogen and oxygen atoms in total. The maximum Gasteiger partial charge on any atom is 0.146 e. The van der Waals surface area contributed by atoms with Crippen LogP contribution in [0, 0.1) is 11.7 Å². The van der Waals surface area contributed by atoms with Crippen molar-refractivity contribution in [2.45, 2.75) is 32.9 Å². The zero-order chi connectivity index (χ0) is 15.4. The number of hydrogen-bond acceptors (Lipinski definition) is 3. The fourth-order valence-electron chi connectivity index (χ4n) is 2.95. The highest BCUT2D eigenvalue weighted by molar-refractivity contribution is 5.48. The van der Waals surface area contributed by atoms with Gasteiger partial charge < -0.3 is 15.1 Å². The van der Waals surface area contributed by atoms with Crippen LogP contribution in [-0.2, 0) is 6.54 Å². The summed E-state index contributed by atoms with van der Waals surface area (Å²) >= 11 is 0. The second kappa shape index (κ2) is 7.23. The molecule has 0 aliphatic carbocycles. The number of rotatable bonds is 6. The SMILES string of the molecule is CC(C)NCc1ccc(N(C)CC2CCN(C)C2)c(F)c1. The molecule has 4 heteroatoms. The van der Waals surface area contributed by atoms with E-state index in [0.29, 0.717) is 24.2 Å². The van der Waals surface area contributed by atoms with E-state index in [9.17, 15) is 4.39 Å². The Morgan fingerprint density at radius 3 is 2.76 bits per heavy atom. The number of benzene rings is 1. The van der Waals surface area contributed by atoms with E-state index in [1.807, 2.05) is 19.2 Å². The highest BCUT2D eigenvalue weighted by atomic mass is 19.1. The Kier molecular flexibility index (Phi) is 5.59. The van der Waals surface area contributed by atoms with E-state index in [2.05, 4.69) is 36.0 Å². The molecule has 21 heavy (non-hydrogen) atoms. The smallest absolute Gasteiger partial charge is 0.146 e.